The molecule has 1 aromatic carbocycles. The predicted octanol–water partition coefficient (Wildman–Crippen LogP) is 4.43. The number of nitrogens with one attached hydrogen (secondary N) is 1. The molecule has 0 aliphatic carbocycles. The van der Waals surface area contributed by atoms with E-state index in [2.05, 4.69) is 54.9 Å². The van der Waals surface area contributed by atoms with E-state index in [1.165, 1.54) is 6.07 Å². The molecule has 35 heavy (non-hydrogen) atoms. The highest BCUT2D eigenvalue weighted by Crippen LogP contribution is 2.31. The third kappa shape index (κ3) is 4.08. The van der Waals surface area contributed by atoms with Gasteiger partial charge in [-0.15, -0.1) is 0 Å². The Kier molecular flexibility index (Phi) is 5.15. The number of pyridine rings is 2. The average molecular weight is 462 g/mol. The topological polar surface area (TPSA) is 83.5 Å². The van der Waals surface area contributed by atoms with Crippen LogP contribution in [0.15, 0.2) is 61.1 Å². The highest BCUT2D eigenvalue weighted by molar-refractivity contribution is 5.75. The van der Waals surface area contributed by atoms with Crippen LogP contribution in [0, 0.1) is 17.7 Å². The van der Waals surface area contributed by atoms with Gasteiger partial charge in [-0.05, 0) is 59.4 Å². The highest BCUT2D eigenvalue weighted by atomic mass is 19.1. The third-order valence-corrected chi connectivity index (χ3v) is 6.04. The van der Waals surface area contributed by atoms with Crippen LogP contribution in [-0.4, -0.2) is 30.1 Å². The number of aromatic nitrogens is 6. The first kappa shape index (κ1) is 20.9. The van der Waals surface area contributed by atoms with Crippen LogP contribution in [0.4, 0.5) is 10.2 Å². The van der Waals surface area contributed by atoms with Crippen molar-refractivity contribution in [3.63, 3.8) is 0 Å². The van der Waals surface area contributed by atoms with Crippen LogP contribution in [0.2, 0.25) is 0 Å². The maximum Gasteiger partial charge on any atom is 0.179 e. The summed E-state index contributed by atoms with van der Waals surface area (Å²) in [4.78, 5) is 20.5. The van der Waals surface area contributed by atoms with Gasteiger partial charge in [0, 0.05) is 36.4 Å². The van der Waals surface area contributed by atoms with Crippen molar-refractivity contribution in [1.82, 2.24) is 30.1 Å². The SMILES string of the molecule is CCc1ccc(-c2nccc(C#Cc3cnc4[nH]ncc4c3)n2)nc1N1Cc2ccc(F)cc2C1. The number of H-pyrrole nitrogens is 1. The molecule has 0 atom stereocenters. The van der Waals surface area contributed by atoms with Crippen molar-refractivity contribution in [3.05, 3.63) is 94.8 Å². The minimum absolute atomic E-state index is 0.213. The Morgan fingerprint density at radius 2 is 1.89 bits per heavy atom. The first-order valence-electron chi connectivity index (χ1n) is 11.3. The molecular formula is C27H20FN7. The molecule has 1 N–H and O–H groups in total. The Hall–Kier alpha value is -4.64. The summed E-state index contributed by atoms with van der Waals surface area (Å²) < 4.78 is 13.7. The van der Waals surface area contributed by atoms with E-state index in [1.54, 1.807) is 30.7 Å². The second-order valence-electron chi connectivity index (χ2n) is 8.35. The molecule has 0 bridgehead atoms. The lowest BCUT2D eigenvalue weighted by molar-refractivity contribution is 0.626. The molecule has 170 valence electrons. The number of aryl methyl sites for hydroxylation is 1. The van der Waals surface area contributed by atoms with Crippen molar-refractivity contribution in [2.75, 3.05) is 4.90 Å². The zero-order valence-electron chi connectivity index (χ0n) is 19.0. The smallest absolute Gasteiger partial charge is 0.179 e. The summed E-state index contributed by atoms with van der Waals surface area (Å²) in [5, 5.41) is 7.72. The molecule has 0 radical (unpaired) electrons. The first-order chi connectivity index (χ1) is 17.2. The molecule has 4 aromatic heterocycles. The fourth-order valence-corrected chi connectivity index (χ4v) is 4.26. The van der Waals surface area contributed by atoms with E-state index in [9.17, 15) is 4.39 Å². The Labute approximate surface area is 201 Å². The van der Waals surface area contributed by atoms with Gasteiger partial charge in [0.25, 0.3) is 0 Å². The number of anilines is 1. The summed E-state index contributed by atoms with van der Waals surface area (Å²) in [6, 6.07) is 12.7. The van der Waals surface area contributed by atoms with Crippen LogP contribution in [0.1, 0.15) is 34.9 Å². The first-order valence-corrected chi connectivity index (χ1v) is 11.3. The number of hydrogen-bond donors (Lipinski definition) is 1. The molecule has 5 heterocycles. The van der Waals surface area contributed by atoms with Gasteiger partial charge in [-0.25, -0.2) is 24.3 Å². The molecule has 0 spiro atoms. The predicted molar refractivity (Wildman–Crippen MR) is 131 cm³/mol. The summed E-state index contributed by atoms with van der Waals surface area (Å²) in [5.74, 6) is 7.37. The Morgan fingerprint density at radius 3 is 2.80 bits per heavy atom. The lowest BCUT2D eigenvalue weighted by atomic mass is 10.1. The van der Waals surface area contributed by atoms with Gasteiger partial charge in [-0.3, -0.25) is 5.10 Å². The third-order valence-electron chi connectivity index (χ3n) is 6.04. The van der Waals surface area contributed by atoms with Crippen LogP contribution in [0.3, 0.4) is 0 Å². The zero-order chi connectivity index (χ0) is 23.8. The van der Waals surface area contributed by atoms with Crippen molar-refractivity contribution < 1.29 is 4.39 Å². The largest absolute Gasteiger partial charge is 0.348 e. The Morgan fingerprint density at radius 1 is 0.971 bits per heavy atom. The van der Waals surface area contributed by atoms with Crippen LogP contribution >= 0.6 is 0 Å². The van der Waals surface area contributed by atoms with E-state index in [-0.39, 0.29) is 5.82 Å². The van der Waals surface area contributed by atoms with Crippen LogP contribution in [0.5, 0.6) is 0 Å². The van der Waals surface area contributed by atoms with Crippen molar-refractivity contribution >= 4 is 16.9 Å². The summed E-state index contributed by atoms with van der Waals surface area (Å²) in [5.41, 5.74) is 6.01. The van der Waals surface area contributed by atoms with E-state index in [0.29, 0.717) is 30.3 Å². The second kappa shape index (κ2) is 8.61. The molecule has 1 aliphatic rings. The molecule has 1 aliphatic heterocycles. The van der Waals surface area contributed by atoms with Gasteiger partial charge in [-0.1, -0.05) is 25.0 Å². The van der Waals surface area contributed by atoms with Gasteiger partial charge in [0.2, 0.25) is 0 Å². The number of fused-ring (bicyclic) bond motifs is 2. The Bertz CT molecular complexity index is 1630. The second-order valence-corrected chi connectivity index (χ2v) is 8.35. The lowest BCUT2D eigenvalue weighted by Crippen LogP contribution is -2.18. The molecule has 0 saturated carbocycles. The number of halogens is 1. The molecule has 0 fully saturated rings. The van der Waals surface area contributed by atoms with Gasteiger partial charge >= 0.3 is 0 Å². The molecule has 5 aromatic rings. The Balaban J connectivity index is 1.30. The van der Waals surface area contributed by atoms with E-state index >= 15 is 0 Å². The number of rotatable bonds is 3. The summed E-state index contributed by atoms with van der Waals surface area (Å²) in [6.07, 6.45) is 5.94. The van der Waals surface area contributed by atoms with E-state index in [4.69, 9.17) is 4.98 Å². The monoisotopic (exact) mass is 461 g/mol. The highest BCUT2D eigenvalue weighted by Gasteiger charge is 2.23. The van der Waals surface area contributed by atoms with E-state index in [0.717, 1.165) is 45.5 Å². The van der Waals surface area contributed by atoms with Gasteiger partial charge in [-0.2, -0.15) is 5.10 Å². The normalized spacial score (nSPS) is 12.5. The maximum absolute atomic E-state index is 13.7. The number of hydrogen-bond acceptors (Lipinski definition) is 6. The van der Waals surface area contributed by atoms with E-state index in [1.807, 2.05) is 18.2 Å². The molecule has 7 nitrogen and oxygen atoms in total. The maximum atomic E-state index is 13.7. The number of aromatic amines is 1. The molecular weight excluding hydrogens is 441 g/mol. The van der Waals surface area contributed by atoms with Crippen molar-refractivity contribution in [1.29, 1.82) is 0 Å². The van der Waals surface area contributed by atoms with Gasteiger partial charge in [0.05, 0.1) is 6.20 Å². The fraction of sp³-hybridized carbons (Fsp3) is 0.148. The van der Waals surface area contributed by atoms with Crippen LogP contribution < -0.4 is 4.90 Å². The van der Waals surface area contributed by atoms with Crippen LogP contribution in [-0.2, 0) is 19.5 Å². The van der Waals surface area contributed by atoms with Crippen molar-refractivity contribution in [2.24, 2.45) is 0 Å². The number of benzene rings is 1. The standard InChI is InChI=1S/C27H20FN7/c1-2-18-5-8-24(33-27(18)35-15-19-4-6-22(28)12-21(19)16-35)26-29-10-9-23(32-26)7-3-17-11-20-14-31-34-25(20)30-13-17/h4-6,8-14H,2,15-16H2,1H3,(H,30,31,34). The summed E-state index contributed by atoms with van der Waals surface area (Å²) in [7, 11) is 0. The van der Waals surface area contributed by atoms with Gasteiger partial charge < -0.3 is 4.90 Å². The van der Waals surface area contributed by atoms with E-state index < -0.39 is 0 Å². The quantitative estimate of drug-likeness (QED) is 0.400. The zero-order valence-corrected chi connectivity index (χ0v) is 19.0. The summed E-state index contributed by atoms with van der Waals surface area (Å²) >= 11 is 0. The fourth-order valence-electron chi connectivity index (χ4n) is 4.26. The van der Waals surface area contributed by atoms with Gasteiger partial charge in [0.1, 0.15) is 23.0 Å². The minimum atomic E-state index is -0.213. The average Bonchev–Trinajstić information content (AvgIpc) is 3.53. The molecule has 0 amide bonds. The number of nitrogens with zero attached hydrogens (tertiary/aromatic N) is 6. The molecule has 8 heteroatoms. The summed E-state index contributed by atoms with van der Waals surface area (Å²) in [6.45, 7) is 3.42. The minimum Gasteiger partial charge on any atom is -0.348 e. The molecule has 0 unspecified atom stereocenters. The molecule has 6 rings (SSSR count). The lowest BCUT2D eigenvalue weighted by Gasteiger charge is -2.20. The van der Waals surface area contributed by atoms with Crippen LogP contribution in [0.25, 0.3) is 22.6 Å². The van der Waals surface area contributed by atoms with Gasteiger partial charge in [0.15, 0.2) is 11.5 Å². The molecule has 0 saturated heterocycles. The van der Waals surface area contributed by atoms with Crippen molar-refractivity contribution in [2.45, 2.75) is 26.4 Å². The van der Waals surface area contributed by atoms with Crippen molar-refractivity contribution in [3.8, 4) is 23.4 Å².